The number of benzene rings is 1. The number of carbonyl (C=O) groups is 2. The van der Waals surface area contributed by atoms with Gasteiger partial charge < -0.3 is 15.4 Å². The van der Waals surface area contributed by atoms with Gasteiger partial charge in [0.25, 0.3) is 0 Å². The molecule has 6 heteroatoms. The van der Waals surface area contributed by atoms with Gasteiger partial charge >= 0.3 is 5.97 Å². The molecule has 1 aromatic carbocycles. The number of para-hydroxylation sites is 1. The fourth-order valence-corrected chi connectivity index (χ4v) is 2.12. The van der Waals surface area contributed by atoms with Gasteiger partial charge in [0.1, 0.15) is 0 Å². The summed E-state index contributed by atoms with van der Waals surface area (Å²) in [5.41, 5.74) is 2.13. The highest BCUT2D eigenvalue weighted by Crippen LogP contribution is 2.16. The summed E-state index contributed by atoms with van der Waals surface area (Å²) >= 11 is 0. The molecule has 0 fully saturated rings. The number of anilines is 1. The molecule has 1 heterocycles. The quantitative estimate of drug-likeness (QED) is 0.728. The average molecular weight is 327 g/mol. The minimum atomic E-state index is -0.372. The highest BCUT2D eigenvalue weighted by Gasteiger charge is 2.11. The van der Waals surface area contributed by atoms with Gasteiger partial charge in [-0.3, -0.25) is 9.78 Å². The standard InChI is InChI=1S/C18H21N3O3/c1-2-24-18(23)15-5-3-4-6-16(15)20-12-9-17(22)21-13-14-7-10-19-11-8-14/h3-8,10-11,20H,2,9,12-13H2,1H3,(H,21,22). The molecule has 126 valence electrons. The molecule has 0 saturated heterocycles. The Morgan fingerprint density at radius 1 is 1.12 bits per heavy atom. The Balaban J connectivity index is 1.79. The van der Waals surface area contributed by atoms with Crippen LogP contribution in [0.1, 0.15) is 29.3 Å². The second kappa shape index (κ2) is 9.29. The van der Waals surface area contributed by atoms with Crippen LogP contribution >= 0.6 is 0 Å². The number of amides is 1. The molecular weight excluding hydrogens is 306 g/mol. The van der Waals surface area contributed by atoms with E-state index in [-0.39, 0.29) is 11.9 Å². The van der Waals surface area contributed by atoms with E-state index in [9.17, 15) is 9.59 Å². The molecule has 1 amide bonds. The van der Waals surface area contributed by atoms with Gasteiger partial charge in [-0.15, -0.1) is 0 Å². The molecule has 24 heavy (non-hydrogen) atoms. The van der Waals surface area contributed by atoms with Crippen LogP contribution in [0.15, 0.2) is 48.8 Å². The van der Waals surface area contributed by atoms with Crippen LogP contribution in [-0.4, -0.2) is 30.0 Å². The van der Waals surface area contributed by atoms with Crippen molar-refractivity contribution in [2.75, 3.05) is 18.5 Å². The largest absolute Gasteiger partial charge is 0.462 e. The van der Waals surface area contributed by atoms with E-state index in [1.807, 2.05) is 18.2 Å². The predicted octanol–water partition coefficient (Wildman–Crippen LogP) is 2.38. The minimum absolute atomic E-state index is 0.0621. The van der Waals surface area contributed by atoms with Crippen LogP contribution in [0.3, 0.4) is 0 Å². The van der Waals surface area contributed by atoms with Gasteiger partial charge in [0.15, 0.2) is 0 Å². The Bertz CT molecular complexity index is 674. The fraction of sp³-hybridized carbons (Fsp3) is 0.278. The first-order chi connectivity index (χ1) is 11.7. The Hall–Kier alpha value is -2.89. The van der Waals surface area contributed by atoms with E-state index in [4.69, 9.17) is 4.74 Å². The number of nitrogens with zero attached hydrogens (tertiary/aromatic N) is 1. The molecule has 0 spiro atoms. The summed E-state index contributed by atoms with van der Waals surface area (Å²) in [5, 5.41) is 5.95. The van der Waals surface area contributed by atoms with Crippen molar-refractivity contribution in [3.8, 4) is 0 Å². The Kier molecular flexibility index (Phi) is 6.76. The van der Waals surface area contributed by atoms with E-state index in [0.717, 1.165) is 5.56 Å². The summed E-state index contributed by atoms with van der Waals surface area (Å²) in [6, 6.07) is 10.8. The number of rotatable bonds is 8. The number of hydrogen-bond acceptors (Lipinski definition) is 5. The van der Waals surface area contributed by atoms with Gasteiger partial charge in [-0.2, -0.15) is 0 Å². The lowest BCUT2D eigenvalue weighted by Crippen LogP contribution is -2.25. The number of esters is 1. The zero-order valence-corrected chi connectivity index (χ0v) is 13.6. The van der Waals surface area contributed by atoms with Crippen LogP contribution in [-0.2, 0) is 16.1 Å². The number of hydrogen-bond donors (Lipinski definition) is 2. The summed E-state index contributed by atoms with van der Waals surface area (Å²) in [6.07, 6.45) is 3.69. The first kappa shape index (κ1) is 17.5. The van der Waals surface area contributed by atoms with Gasteiger partial charge in [-0.25, -0.2) is 4.79 Å². The molecule has 2 rings (SSSR count). The van der Waals surface area contributed by atoms with Crippen molar-refractivity contribution in [2.45, 2.75) is 19.9 Å². The van der Waals surface area contributed by atoms with Crippen LogP contribution in [0.25, 0.3) is 0 Å². The second-order valence-electron chi connectivity index (χ2n) is 5.08. The lowest BCUT2D eigenvalue weighted by Gasteiger charge is -2.11. The molecule has 2 aromatic rings. The summed E-state index contributed by atoms with van der Waals surface area (Å²) in [6.45, 7) is 2.99. The third kappa shape index (κ3) is 5.39. The van der Waals surface area contributed by atoms with Gasteiger partial charge in [0.2, 0.25) is 5.91 Å². The van der Waals surface area contributed by atoms with Crippen LogP contribution in [0.2, 0.25) is 0 Å². The maximum atomic E-state index is 11.9. The van der Waals surface area contributed by atoms with Crippen LogP contribution in [0.4, 0.5) is 5.69 Å². The number of nitrogens with one attached hydrogen (secondary N) is 2. The lowest BCUT2D eigenvalue weighted by atomic mass is 10.1. The molecule has 0 aliphatic carbocycles. The molecule has 0 aliphatic rings. The van der Waals surface area contributed by atoms with E-state index < -0.39 is 0 Å². The topological polar surface area (TPSA) is 80.3 Å². The number of carbonyl (C=O) groups excluding carboxylic acids is 2. The molecule has 0 aliphatic heterocycles. The van der Waals surface area contributed by atoms with Crippen LogP contribution in [0, 0.1) is 0 Å². The molecule has 1 aromatic heterocycles. The van der Waals surface area contributed by atoms with Crippen molar-refractivity contribution in [2.24, 2.45) is 0 Å². The molecule has 0 saturated carbocycles. The van der Waals surface area contributed by atoms with E-state index in [0.29, 0.717) is 37.4 Å². The number of ether oxygens (including phenoxy) is 1. The maximum Gasteiger partial charge on any atom is 0.340 e. The lowest BCUT2D eigenvalue weighted by molar-refractivity contribution is -0.121. The molecule has 0 unspecified atom stereocenters. The van der Waals surface area contributed by atoms with Crippen molar-refractivity contribution in [1.82, 2.24) is 10.3 Å². The summed E-state index contributed by atoms with van der Waals surface area (Å²) in [5.74, 6) is -0.435. The van der Waals surface area contributed by atoms with Crippen LogP contribution < -0.4 is 10.6 Å². The fourth-order valence-electron chi connectivity index (χ4n) is 2.12. The monoisotopic (exact) mass is 327 g/mol. The molecule has 2 N–H and O–H groups in total. The van der Waals surface area contributed by atoms with E-state index in [1.54, 1.807) is 37.5 Å². The van der Waals surface area contributed by atoms with Gasteiger partial charge in [-0.05, 0) is 36.8 Å². The first-order valence-electron chi connectivity index (χ1n) is 7.86. The Morgan fingerprint density at radius 2 is 1.88 bits per heavy atom. The molecular formula is C18H21N3O3. The van der Waals surface area contributed by atoms with Crippen molar-refractivity contribution in [3.05, 3.63) is 59.9 Å². The van der Waals surface area contributed by atoms with Crippen molar-refractivity contribution >= 4 is 17.6 Å². The highest BCUT2D eigenvalue weighted by atomic mass is 16.5. The van der Waals surface area contributed by atoms with Gasteiger partial charge in [0.05, 0.1) is 12.2 Å². The van der Waals surface area contributed by atoms with E-state index in [2.05, 4.69) is 15.6 Å². The predicted molar refractivity (Wildman–Crippen MR) is 91.6 cm³/mol. The van der Waals surface area contributed by atoms with Crippen molar-refractivity contribution < 1.29 is 14.3 Å². The SMILES string of the molecule is CCOC(=O)c1ccccc1NCCC(=O)NCc1ccncc1. The number of aromatic nitrogens is 1. The first-order valence-corrected chi connectivity index (χ1v) is 7.86. The van der Waals surface area contributed by atoms with Crippen molar-refractivity contribution in [3.63, 3.8) is 0 Å². The Labute approximate surface area is 141 Å². The van der Waals surface area contributed by atoms with Crippen molar-refractivity contribution in [1.29, 1.82) is 0 Å². The normalized spacial score (nSPS) is 10.0. The van der Waals surface area contributed by atoms with E-state index >= 15 is 0 Å². The molecule has 0 atom stereocenters. The smallest absolute Gasteiger partial charge is 0.340 e. The maximum absolute atomic E-state index is 11.9. The summed E-state index contributed by atoms with van der Waals surface area (Å²) in [7, 11) is 0. The van der Waals surface area contributed by atoms with Gasteiger partial charge in [-0.1, -0.05) is 12.1 Å². The molecule has 0 radical (unpaired) electrons. The minimum Gasteiger partial charge on any atom is -0.462 e. The average Bonchev–Trinajstić information content (AvgIpc) is 2.61. The van der Waals surface area contributed by atoms with Gasteiger partial charge in [0, 0.05) is 37.6 Å². The Morgan fingerprint density at radius 3 is 2.62 bits per heavy atom. The van der Waals surface area contributed by atoms with E-state index in [1.165, 1.54) is 0 Å². The van der Waals surface area contributed by atoms with Crippen LogP contribution in [0.5, 0.6) is 0 Å². The third-order valence-corrected chi connectivity index (χ3v) is 3.33. The molecule has 6 nitrogen and oxygen atoms in total. The zero-order chi connectivity index (χ0) is 17.2. The zero-order valence-electron chi connectivity index (χ0n) is 13.6. The highest BCUT2D eigenvalue weighted by molar-refractivity contribution is 5.95. The summed E-state index contributed by atoms with van der Waals surface area (Å²) < 4.78 is 5.02. The summed E-state index contributed by atoms with van der Waals surface area (Å²) in [4.78, 5) is 27.7. The molecule has 0 bridgehead atoms. The second-order valence-corrected chi connectivity index (χ2v) is 5.08. The third-order valence-electron chi connectivity index (χ3n) is 3.33. The number of pyridine rings is 1.